The molecule has 2 heterocycles. The van der Waals surface area contributed by atoms with E-state index in [-0.39, 0.29) is 17.7 Å². The highest BCUT2D eigenvalue weighted by molar-refractivity contribution is 6.28. The Bertz CT molecular complexity index is 1040. The Labute approximate surface area is 166 Å². The molecule has 0 amide bonds. The van der Waals surface area contributed by atoms with Crippen LogP contribution in [0.5, 0.6) is 5.75 Å². The monoisotopic (exact) mass is 395 g/mol. The average molecular weight is 395 g/mol. The van der Waals surface area contributed by atoms with Crippen LogP contribution >= 0.6 is 0 Å². The van der Waals surface area contributed by atoms with Gasteiger partial charge in [0.15, 0.2) is 17.3 Å². The number of ketones is 2. The fraction of sp³-hybridized carbons (Fsp3) is 0.318. The Balaban J connectivity index is 1.88. The number of rotatable bonds is 5. The third kappa shape index (κ3) is 2.93. The Morgan fingerprint density at radius 3 is 2.17 bits per heavy atom. The van der Waals surface area contributed by atoms with Gasteiger partial charge in [0.2, 0.25) is 0 Å². The lowest BCUT2D eigenvalue weighted by molar-refractivity contribution is -0.138. The zero-order valence-electron chi connectivity index (χ0n) is 15.7. The van der Waals surface area contributed by atoms with E-state index in [9.17, 15) is 24.6 Å². The number of Topliss-reactive ketones (excluding diaryl/α,β-unsaturated/α-hetero) is 2. The normalized spacial score (nSPS) is 17.6. The molecule has 3 N–H and O–H groups in total. The maximum atomic E-state index is 13.5. The summed E-state index contributed by atoms with van der Waals surface area (Å²) in [7, 11) is 0. The van der Waals surface area contributed by atoms with E-state index in [0.717, 1.165) is 24.1 Å². The van der Waals surface area contributed by atoms with Crippen molar-refractivity contribution < 1.29 is 29.7 Å². The minimum atomic E-state index is -1.13. The van der Waals surface area contributed by atoms with E-state index in [4.69, 9.17) is 5.11 Å². The number of carbonyl (C=O) groups excluding carboxylic acids is 2. The number of phenols is 1. The lowest BCUT2D eigenvalue weighted by atomic mass is 9.80. The molecule has 7 nitrogen and oxygen atoms in total. The van der Waals surface area contributed by atoms with Crippen LogP contribution in [0.2, 0.25) is 0 Å². The smallest absolute Gasteiger partial charge is 0.303 e. The van der Waals surface area contributed by atoms with Crippen LogP contribution in [-0.4, -0.2) is 37.4 Å². The average Bonchev–Trinajstić information content (AvgIpc) is 3.34. The largest absolute Gasteiger partial charge is 0.508 e. The van der Waals surface area contributed by atoms with Crippen LogP contribution in [0.15, 0.2) is 42.0 Å². The predicted octanol–water partition coefficient (Wildman–Crippen LogP) is 3.42. The highest BCUT2D eigenvalue weighted by atomic mass is 16.4. The number of carboxylic acid groups (broad SMARTS) is 1. The molecule has 1 aliphatic heterocycles. The molecule has 0 atom stereocenters. The van der Waals surface area contributed by atoms with Crippen LogP contribution < -0.4 is 0 Å². The molecule has 0 radical (unpaired) electrons. The van der Waals surface area contributed by atoms with Gasteiger partial charge >= 0.3 is 5.97 Å². The number of hydrogen-bond acceptors (Lipinski definition) is 5. The molecule has 7 heteroatoms. The second kappa shape index (κ2) is 6.92. The summed E-state index contributed by atoms with van der Waals surface area (Å²) >= 11 is 0. The number of aromatic hydroxyl groups is 1. The SMILES string of the molecule is O=C(O)CCC(=O)C1=C(O)c2ccc(-c3ccc(O)cc3)n2C2(CCCC2)C1=O. The number of aliphatic hydroxyl groups excluding tert-OH is 1. The lowest BCUT2D eigenvalue weighted by Crippen LogP contribution is -2.46. The number of aliphatic hydroxyl groups is 1. The number of carboxylic acids is 1. The van der Waals surface area contributed by atoms with Crippen molar-refractivity contribution >= 4 is 23.3 Å². The minimum Gasteiger partial charge on any atom is -0.508 e. The number of aliphatic carboxylic acids is 1. The second-order valence-corrected chi connectivity index (χ2v) is 7.59. The molecule has 1 saturated carbocycles. The highest BCUT2D eigenvalue weighted by Crippen LogP contribution is 2.48. The first-order chi connectivity index (χ1) is 13.8. The molecule has 0 bridgehead atoms. The molecule has 1 fully saturated rings. The molecular formula is C22H21NO6. The second-order valence-electron chi connectivity index (χ2n) is 7.59. The third-order valence-electron chi connectivity index (χ3n) is 5.88. The number of hydrogen-bond donors (Lipinski definition) is 3. The van der Waals surface area contributed by atoms with Gasteiger partial charge in [-0.3, -0.25) is 14.4 Å². The van der Waals surface area contributed by atoms with E-state index in [1.807, 2.05) is 4.57 Å². The summed E-state index contributed by atoms with van der Waals surface area (Å²) in [4.78, 5) is 37.0. The van der Waals surface area contributed by atoms with Crippen molar-refractivity contribution in [3.05, 3.63) is 47.7 Å². The van der Waals surface area contributed by atoms with Gasteiger partial charge in [0.05, 0.1) is 12.1 Å². The minimum absolute atomic E-state index is 0.125. The fourth-order valence-electron chi connectivity index (χ4n) is 4.52. The van der Waals surface area contributed by atoms with Crippen LogP contribution in [0, 0.1) is 0 Å². The number of allylic oxidation sites excluding steroid dienone is 1. The summed E-state index contributed by atoms with van der Waals surface area (Å²) in [5, 5.41) is 29.3. The van der Waals surface area contributed by atoms with Crippen molar-refractivity contribution in [1.82, 2.24) is 4.57 Å². The van der Waals surface area contributed by atoms with Crippen LogP contribution in [0.4, 0.5) is 0 Å². The molecule has 2 aliphatic rings. The van der Waals surface area contributed by atoms with E-state index in [0.29, 0.717) is 18.5 Å². The number of phenolic OH excluding ortho intramolecular Hbond substituents is 1. The summed E-state index contributed by atoms with van der Waals surface area (Å²) < 4.78 is 1.82. The van der Waals surface area contributed by atoms with Crippen LogP contribution in [0.1, 0.15) is 44.2 Å². The number of carbonyl (C=O) groups is 3. The molecule has 1 aromatic heterocycles. The van der Waals surface area contributed by atoms with Gasteiger partial charge in [-0.15, -0.1) is 0 Å². The molecule has 4 rings (SSSR count). The van der Waals surface area contributed by atoms with Crippen molar-refractivity contribution in [3.8, 4) is 17.0 Å². The van der Waals surface area contributed by atoms with Crippen molar-refractivity contribution in [2.24, 2.45) is 0 Å². The summed E-state index contributed by atoms with van der Waals surface area (Å²) in [6.07, 6.45) is 1.99. The summed E-state index contributed by atoms with van der Waals surface area (Å²) in [6.45, 7) is 0. The molecule has 29 heavy (non-hydrogen) atoms. The molecule has 2 aromatic rings. The molecule has 0 unspecified atom stereocenters. The fourth-order valence-corrected chi connectivity index (χ4v) is 4.52. The standard InChI is InChI=1S/C22H21NO6/c24-14-5-3-13(4-6-14)15-7-8-16-20(28)19(17(25)9-10-18(26)27)21(29)22(23(15)16)11-1-2-12-22/h3-8,24,28H,1-2,9-12H2,(H,26,27). The lowest BCUT2D eigenvalue weighted by Gasteiger charge is -2.37. The van der Waals surface area contributed by atoms with Crippen molar-refractivity contribution in [2.75, 3.05) is 0 Å². The van der Waals surface area contributed by atoms with E-state index >= 15 is 0 Å². The van der Waals surface area contributed by atoms with Gasteiger partial charge in [0.1, 0.15) is 16.9 Å². The van der Waals surface area contributed by atoms with Crippen LogP contribution in [0.3, 0.4) is 0 Å². The predicted molar refractivity (Wildman–Crippen MR) is 104 cm³/mol. The van der Waals surface area contributed by atoms with E-state index in [1.165, 1.54) is 0 Å². The molecule has 1 spiro atoms. The van der Waals surface area contributed by atoms with Crippen LogP contribution in [0.25, 0.3) is 17.0 Å². The first-order valence-corrected chi connectivity index (χ1v) is 9.60. The van der Waals surface area contributed by atoms with Gasteiger partial charge < -0.3 is 19.9 Å². The summed E-state index contributed by atoms with van der Waals surface area (Å²) in [5.74, 6) is -2.48. The number of aromatic nitrogens is 1. The Morgan fingerprint density at radius 1 is 0.931 bits per heavy atom. The summed E-state index contributed by atoms with van der Waals surface area (Å²) in [6, 6.07) is 10.0. The van der Waals surface area contributed by atoms with Gasteiger partial charge in [0, 0.05) is 12.1 Å². The topological polar surface area (TPSA) is 117 Å². The molecule has 1 aliphatic carbocycles. The summed E-state index contributed by atoms with van der Waals surface area (Å²) in [5.41, 5.74) is 0.636. The van der Waals surface area contributed by atoms with Gasteiger partial charge in [-0.05, 0) is 54.8 Å². The van der Waals surface area contributed by atoms with Crippen LogP contribution in [-0.2, 0) is 19.9 Å². The van der Waals surface area contributed by atoms with Gasteiger partial charge in [-0.1, -0.05) is 12.8 Å². The van der Waals surface area contributed by atoms with Crippen molar-refractivity contribution in [3.63, 3.8) is 0 Å². The first-order valence-electron chi connectivity index (χ1n) is 9.60. The van der Waals surface area contributed by atoms with Gasteiger partial charge in [0.25, 0.3) is 0 Å². The number of benzene rings is 1. The number of fused-ring (bicyclic) bond motifs is 2. The highest BCUT2D eigenvalue weighted by Gasteiger charge is 2.51. The van der Waals surface area contributed by atoms with Gasteiger partial charge in [-0.2, -0.15) is 0 Å². The molecule has 150 valence electrons. The van der Waals surface area contributed by atoms with E-state index in [2.05, 4.69) is 0 Å². The quantitative estimate of drug-likeness (QED) is 0.668. The Kier molecular flexibility index (Phi) is 4.53. The molecule has 0 saturated heterocycles. The zero-order valence-corrected chi connectivity index (χ0v) is 15.7. The number of nitrogens with zero attached hydrogens (tertiary/aromatic N) is 1. The molecular weight excluding hydrogens is 374 g/mol. The zero-order chi connectivity index (χ0) is 20.8. The maximum absolute atomic E-state index is 13.5. The van der Waals surface area contributed by atoms with Crippen molar-refractivity contribution in [1.29, 1.82) is 0 Å². The van der Waals surface area contributed by atoms with Crippen molar-refractivity contribution in [2.45, 2.75) is 44.1 Å². The molecule has 1 aromatic carbocycles. The van der Waals surface area contributed by atoms with E-state index < -0.39 is 35.3 Å². The Morgan fingerprint density at radius 2 is 1.55 bits per heavy atom. The first kappa shape index (κ1) is 19.0. The van der Waals surface area contributed by atoms with Gasteiger partial charge in [-0.25, -0.2) is 0 Å². The maximum Gasteiger partial charge on any atom is 0.303 e. The Hall–Kier alpha value is -3.35. The third-order valence-corrected chi connectivity index (χ3v) is 5.88. The van der Waals surface area contributed by atoms with E-state index in [1.54, 1.807) is 36.4 Å².